The second-order valence-corrected chi connectivity index (χ2v) is 8.99. The van der Waals surface area contributed by atoms with Crippen molar-refractivity contribution in [2.45, 2.75) is 52.5 Å². The maximum Gasteiger partial charge on any atom is 0.573 e. The van der Waals surface area contributed by atoms with Gasteiger partial charge in [-0.25, -0.2) is 9.59 Å². The molecule has 1 N–H and O–H groups in total. The number of nitrogens with one attached hydrogen (secondary N) is 1. The zero-order chi connectivity index (χ0) is 25.0. The summed E-state index contributed by atoms with van der Waals surface area (Å²) in [7, 11) is 0. The Bertz CT molecular complexity index is 1060. The van der Waals surface area contributed by atoms with E-state index in [0.29, 0.717) is 22.9 Å². The van der Waals surface area contributed by atoms with Crippen molar-refractivity contribution in [2.24, 2.45) is 5.92 Å². The Labute approximate surface area is 198 Å². The number of carbonyl (C=O) groups excluding carboxylic acids is 3. The van der Waals surface area contributed by atoms with Gasteiger partial charge in [-0.1, -0.05) is 6.92 Å². The fourth-order valence-electron chi connectivity index (χ4n) is 3.55. The molecule has 0 fully saturated rings. The summed E-state index contributed by atoms with van der Waals surface area (Å²) in [5.41, 5.74) is 1.16. The van der Waals surface area contributed by atoms with E-state index in [0.717, 1.165) is 47.5 Å². The van der Waals surface area contributed by atoms with E-state index in [9.17, 15) is 27.6 Å². The molecular weight excluding hydrogens is 475 g/mol. The first-order chi connectivity index (χ1) is 16.0. The second kappa shape index (κ2) is 10.5. The Kier molecular flexibility index (Phi) is 7.86. The third-order valence-electron chi connectivity index (χ3n) is 5.20. The second-order valence-electron chi connectivity index (χ2n) is 7.89. The summed E-state index contributed by atoms with van der Waals surface area (Å²) in [4.78, 5) is 38.6. The third-order valence-corrected chi connectivity index (χ3v) is 6.37. The fourth-order valence-corrected chi connectivity index (χ4v) is 4.95. The first kappa shape index (κ1) is 25.5. The van der Waals surface area contributed by atoms with Gasteiger partial charge in [0, 0.05) is 4.88 Å². The molecule has 3 rings (SSSR count). The van der Waals surface area contributed by atoms with Crippen LogP contribution in [0.5, 0.6) is 5.75 Å². The lowest BCUT2D eigenvalue weighted by Gasteiger charge is -2.18. The number of halogens is 3. The average molecular weight is 500 g/mol. The number of ether oxygens (including phenoxy) is 3. The van der Waals surface area contributed by atoms with Crippen LogP contribution in [0.1, 0.15) is 58.3 Å². The summed E-state index contributed by atoms with van der Waals surface area (Å²) in [6.45, 7) is 5.36. The van der Waals surface area contributed by atoms with E-state index >= 15 is 0 Å². The number of fused-ring (bicyclic) bond motifs is 1. The van der Waals surface area contributed by atoms with E-state index in [2.05, 4.69) is 17.0 Å². The lowest BCUT2D eigenvalue weighted by molar-refractivity contribution is -0.274. The summed E-state index contributed by atoms with van der Waals surface area (Å²) in [5, 5.41) is 3.02. The highest BCUT2D eigenvalue weighted by molar-refractivity contribution is 7.17. The third kappa shape index (κ3) is 6.28. The molecule has 1 aliphatic rings. The highest BCUT2D eigenvalue weighted by Gasteiger charge is 2.32. The van der Waals surface area contributed by atoms with Gasteiger partial charge < -0.3 is 19.5 Å². The number of rotatable bonds is 7. The molecule has 0 aliphatic heterocycles. The number of thiophene rings is 1. The molecule has 1 aromatic heterocycles. The molecule has 7 nitrogen and oxygen atoms in total. The van der Waals surface area contributed by atoms with Crippen molar-refractivity contribution in [2.75, 3.05) is 11.9 Å². The number of benzene rings is 1. The van der Waals surface area contributed by atoms with Gasteiger partial charge in [-0.05, 0) is 68.9 Å². The average Bonchev–Trinajstić information content (AvgIpc) is 3.09. The Morgan fingerprint density at radius 3 is 2.47 bits per heavy atom. The predicted octanol–water partition coefficient (Wildman–Crippen LogP) is 5.13. The van der Waals surface area contributed by atoms with Crippen LogP contribution in [0.4, 0.5) is 18.2 Å². The van der Waals surface area contributed by atoms with Crippen molar-refractivity contribution < 1.29 is 41.8 Å². The van der Waals surface area contributed by atoms with Crippen LogP contribution in [0.3, 0.4) is 0 Å². The van der Waals surface area contributed by atoms with Gasteiger partial charge in [0.2, 0.25) is 0 Å². The maximum atomic E-state index is 12.7. The molecule has 1 aliphatic carbocycles. The number of amides is 1. The minimum Gasteiger partial charge on any atom is -0.462 e. The molecule has 0 unspecified atom stereocenters. The summed E-state index contributed by atoms with van der Waals surface area (Å²) in [6.07, 6.45) is -3.66. The normalized spacial score (nSPS) is 16.2. The summed E-state index contributed by atoms with van der Waals surface area (Å²) in [5.74, 6) is -2.10. The zero-order valence-corrected chi connectivity index (χ0v) is 19.6. The molecule has 184 valence electrons. The lowest BCUT2D eigenvalue weighted by atomic mass is 9.88. The minimum atomic E-state index is -4.85. The Morgan fingerprint density at radius 1 is 1.18 bits per heavy atom. The van der Waals surface area contributed by atoms with Crippen LogP contribution in [-0.2, 0) is 27.1 Å². The van der Waals surface area contributed by atoms with Gasteiger partial charge >= 0.3 is 18.3 Å². The predicted molar refractivity (Wildman–Crippen MR) is 118 cm³/mol. The Hall–Kier alpha value is -3.08. The van der Waals surface area contributed by atoms with Crippen molar-refractivity contribution in [3.05, 3.63) is 45.8 Å². The van der Waals surface area contributed by atoms with E-state index in [1.54, 1.807) is 6.92 Å². The highest BCUT2D eigenvalue weighted by Crippen LogP contribution is 2.40. The van der Waals surface area contributed by atoms with Crippen LogP contribution >= 0.6 is 11.3 Å². The smallest absolute Gasteiger partial charge is 0.462 e. The number of carbonyl (C=O) groups is 3. The zero-order valence-electron chi connectivity index (χ0n) is 18.8. The summed E-state index contributed by atoms with van der Waals surface area (Å²) >= 11 is 1.31. The molecule has 1 aromatic carbocycles. The van der Waals surface area contributed by atoms with Crippen molar-refractivity contribution in [3.8, 4) is 5.75 Å². The largest absolute Gasteiger partial charge is 0.573 e. The molecule has 2 atom stereocenters. The van der Waals surface area contributed by atoms with Gasteiger partial charge in [0.1, 0.15) is 10.8 Å². The van der Waals surface area contributed by atoms with E-state index < -0.39 is 36.1 Å². The number of anilines is 1. The van der Waals surface area contributed by atoms with Crippen LogP contribution in [0, 0.1) is 5.92 Å². The SMILES string of the molecule is CCOC(=O)c1c(NC(=O)[C@H](C)OC(=O)c2ccc(OC(F)(F)F)cc2)sc2c1CC[C@H](C)C2. The number of esters is 2. The Morgan fingerprint density at radius 2 is 1.85 bits per heavy atom. The molecule has 0 bridgehead atoms. The number of hydrogen-bond acceptors (Lipinski definition) is 7. The molecule has 0 spiro atoms. The first-order valence-corrected chi connectivity index (χ1v) is 11.5. The molecule has 0 radical (unpaired) electrons. The van der Waals surface area contributed by atoms with Gasteiger partial charge in [0.15, 0.2) is 6.10 Å². The maximum absolute atomic E-state index is 12.7. The van der Waals surface area contributed by atoms with E-state index in [1.807, 2.05) is 0 Å². The number of hydrogen-bond donors (Lipinski definition) is 1. The molecule has 1 amide bonds. The molecular formula is C23H24F3NO6S. The lowest BCUT2D eigenvalue weighted by Crippen LogP contribution is -2.30. The fraction of sp³-hybridized carbons (Fsp3) is 0.435. The van der Waals surface area contributed by atoms with E-state index in [-0.39, 0.29) is 12.2 Å². The van der Waals surface area contributed by atoms with Gasteiger partial charge in [-0.2, -0.15) is 0 Å². The van der Waals surface area contributed by atoms with E-state index in [1.165, 1.54) is 18.3 Å². The molecule has 1 heterocycles. The monoisotopic (exact) mass is 499 g/mol. The van der Waals surface area contributed by atoms with Gasteiger partial charge in [0.25, 0.3) is 5.91 Å². The van der Waals surface area contributed by atoms with Crippen molar-refractivity contribution in [1.29, 1.82) is 0 Å². The standard InChI is InChI=1S/C23H24F3NO6S/c1-4-31-22(30)18-16-10-5-12(2)11-17(16)34-20(18)27-19(28)13(3)32-21(29)14-6-8-15(9-7-14)33-23(24,25)26/h6-9,12-13H,4-5,10-11H2,1-3H3,(H,27,28)/t12-,13-/m0/s1. The molecule has 11 heteroatoms. The van der Waals surface area contributed by atoms with Gasteiger partial charge in [-0.3, -0.25) is 4.79 Å². The van der Waals surface area contributed by atoms with Crippen LogP contribution in [-0.4, -0.2) is 36.9 Å². The molecule has 0 saturated carbocycles. The minimum absolute atomic E-state index is 0.0537. The van der Waals surface area contributed by atoms with Gasteiger partial charge in [-0.15, -0.1) is 24.5 Å². The van der Waals surface area contributed by atoms with E-state index in [4.69, 9.17) is 9.47 Å². The first-order valence-electron chi connectivity index (χ1n) is 10.7. The van der Waals surface area contributed by atoms with Crippen LogP contribution in [0.15, 0.2) is 24.3 Å². The molecule has 0 saturated heterocycles. The topological polar surface area (TPSA) is 90.9 Å². The summed E-state index contributed by atoms with van der Waals surface area (Å²) < 4.78 is 50.9. The number of alkyl halides is 3. The van der Waals surface area contributed by atoms with Crippen LogP contribution in [0.2, 0.25) is 0 Å². The van der Waals surface area contributed by atoms with Crippen molar-refractivity contribution in [1.82, 2.24) is 0 Å². The van der Waals surface area contributed by atoms with Crippen LogP contribution < -0.4 is 10.1 Å². The van der Waals surface area contributed by atoms with Gasteiger partial charge in [0.05, 0.1) is 17.7 Å². The van der Waals surface area contributed by atoms with Crippen LogP contribution in [0.25, 0.3) is 0 Å². The Balaban J connectivity index is 1.69. The van der Waals surface area contributed by atoms with Crippen molar-refractivity contribution in [3.63, 3.8) is 0 Å². The summed E-state index contributed by atoms with van der Waals surface area (Å²) in [6, 6.07) is 4.14. The highest BCUT2D eigenvalue weighted by atomic mass is 32.1. The molecule has 34 heavy (non-hydrogen) atoms. The van der Waals surface area contributed by atoms with Crippen molar-refractivity contribution >= 4 is 34.2 Å². The molecule has 2 aromatic rings. The quantitative estimate of drug-likeness (QED) is 0.531.